The van der Waals surface area contributed by atoms with E-state index < -0.39 is 12.1 Å². The molecule has 3 N–H and O–H groups in total. The molecular formula is C24H27ClN4O4. The van der Waals surface area contributed by atoms with Crippen LogP contribution in [-0.2, 0) is 9.59 Å². The number of nitrogens with one attached hydrogen (secondary N) is 3. The Morgan fingerprint density at radius 1 is 1.12 bits per heavy atom. The fourth-order valence-corrected chi connectivity index (χ4v) is 4.80. The van der Waals surface area contributed by atoms with Gasteiger partial charge in [-0.3, -0.25) is 9.59 Å². The van der Waals surface area contributed by atoms with Crippen molar-refractivity contribution in [2.45, 2.75) is 50.2 Å². The number of anilines is 2. The first-order valence-electron chi connectivity index (χ1n) is 11.0. The summed E-state index contributed by atoms with van der Waals surface area (Å²) in [7, 11) is 1.52. The van der Waals surface area contributed by atoms with E-state index in [1.165, 1.54) is 7.11 Å². The van der Waals surface area contributed by atoms with Gasteiger partial charge < -0.3 is 25.6 Å². The first-order chi connectivity index (χ1) is 16.0. The molecule has 174 valence electrons. The highest BCUT2D eigenvalue weighted by Crippen LogP contribution is 2.31. The van der Waals surface area contributed by atoms with Crippen LogP contribution in [0.1, 0.15) is 32.1 Å². The van der Waals surface area contributed by atoms with Crippen molar-refractivity contribution in [3.05, 3.63) is 53.6 Å². The van der Waals surface area contributed by atoms with Crippen molar-refractivity contribution < 1.29 is 19.1 Å². The maximum absolute atomic E-state index is 13.4. The number of methoxy groups -OCH3 is 1. The molecule has 1 saturated carbocycles. The van der Waals surface area contributed by atoms with Gasteiger partial charge in [0.2, 0.25) is 11.8 Å². The summed E-state index contributed by atoms with van der Waals surface area (Å²) in [5.41, 5.74) is 1.04. The lowest BCUT2D eigenvalue weighted by Crippen LogP contribution is -2.68. The Labute approximate surface area is 197 Å². The summed E-state index contributed by atoms with van der Waals surface area (Å²) < 4.78 is 5.28. The summed E-state index contributed by atoms with van der Waals surface area (Å²) in [6.07, 6.45) is 3.34. The third kappa shape index (κ3) is 5.22. The van der Waals surface area contributed by atoms with Gasteiger partial charge in [0.05, 0.1) is 25.3 Å². The molecule has 2 aromatic carbocycles. The van der Waals surface area contributed by atoms with E-state index in [9.17, 15) is 14.4 Å². The van der Waals surface area contributed by atoms with Gasteiger partial charge in [0.15, 0.2) is 0 Å². The summed E-state index contributed by atoms with van der Waals surface area (Å²) in [5, 5.41) is 9.17. The van der Waals surface area contributed by atoms with Crippen LogP contribution < -0.4 is 20.7 Å². The minimum absolute atomic E-state index is 0.120. The number of ether oxygens (including phenoxy) is 1. The van der Waals surface area contributed by atoms with Crippen molar-refractivity contribution in [2.24, 2.45) is 0 Å². The van der Waals surface area contributed by atoms with E-state index in [0.29, 0.717) is 22.1 Å². The van der Waals surface area contributed by atoms with E-state index in [4.69, 9.17) is 16.3 Å². The zero-order chi connectivity index (χ0) is 23.4. The Kier molecular flexibility index (Phi) is 7.03. The zero-order valence-corrected chi connectivity index (χ0v) is 19.1. The van der Waals surface area contributed by atoms with Gasteiger partial charge in [-0.15, -0.1) is 0 Å². The van der Waals surface area contributed by atoms with Crippen molar-refractivity contribution >= 4 is 40.8 Å². The lowest BCUT2D eigenvalue weighted by molar-refractivity contribution is -0.135. The van der Waals surface area contributed by atoms with Gasteiger partial charge in [-0.1, -0.05) is 42.6 Å². The molecule has 2 aliphatic rings. The number of rotatable bonds is 5. The van der Waals surface area contributed by atoms with E-state index in [-0.39, 0.29) is 30.3 Å². The molecule has 2 aromatic rings. The van der Waals surface area contributed by atoms with Gasteiger partial charge >= 0.3 is 6.03 Å². The first kappa shape index (κ1) is 22.9. The number of hydrogen-bond donors (Lipinski definition) is 3. The Hall–Kier alpha value is -3.26. The maximum atomic E-state index is 13.4. The number of benzene rings is 2. The van der Waals surface area contributed by atoms with Crippen LogP contribution in [0.2, 0.25) is 5.02 Å². The summed E-state index contributed by atoms with van der Waals surface area (Å²) in [6, 6.07) is 12.2. The van der Waals surface area contributed by atoms with E-state index in [1.54, 1.807) is 53.4 Å². The Morgan fingerprint density at radius 2 is 1.91 bits per heavy atom. The largest absolute Gasteiger partial charge is 0.495 e. The predicted molar refractivity (Wildman–Crippen MR) is 127 cm³/mol. The second-order valence-electron chi connectivity index (χ2n) is 8.28. The lowest BCUT2D eigenvalue weighted by atomic mass is 9.85. The molecule has 4 rings (SSSR count). The second-order valence-corrected chi connectivity index (χ2v) is 8.72. The minimum atomic E-state index is -0.932. The van der Waals surface area contributed by atoms with Gasteiger partial charge in [0.25, 0.3) is 0 Å². The highest BCUT2D eigenvalue weighted by atomic mass is 35.5. The van der Waals surface area contributed by atoms with Crippen LogP contribution in [0.5, 0.6) is 5.75 Å². The molecule has 33 heavy (non-hydrogen) atoms. The predicted octanol–water partition coefficient (Wildman–Crippen LogP) is 4.02. The second kappa shape index (κ2) is 10.1. The van der Waals surface area contributed by atoms with E-state index in [1.807, 2.05) is 0 Å². The van der Waals surface area contributed by atoms with Crippen molar-refractivity contribution in [2.75, 3.05) is 17.7 Å². The monoisotopic (exact) mass is 470 g/mol. The summed E-state index contributed by atoms with van der Waals surface area (Å²) in [4.78, 5) is 40.8. The van der Waals surface area contributed by atoms with Crippen molar-refractivity contribution in [1.29, 1.82) is 0 Å². The number of amides is 4. The molecule has 1 aliphatic heterocycles. The molecule has 8 nitrogen and oxygen atoms in total. The summed E-state index contributed by atoms with van der Waals surface area (Å²) >= 11 is 6.06. The molecule has 0 aromatic heterocycles. The highest BCUT2D eigenvalue weighted by Gasteiger charge is 2.46. The molecule has 0 bridgehead atoms. The fraction of sp³-hybridized carbons (Fsp3) is 0.375. The van der Waals surface area contributed by atoms with Crippen molar-refractivity contribution in [3.8, 4) is 5.75 Å². The molecule has 9 heteroatoms. The highest BCUT2D eigenvalue weighted by molar-refractivity contribution is 6.30. The number of hydrogen-bond acceptors (Lipinski definition) is 4. The number of carbonyl (C=O) groups is 3. The van der Waals surface area contributed by atoms with Gasteiger partial charge in [0, 0.05) is 16.8 Å². The van der Waals surface area contributed by atoms with Gasteiger partial charge in [-0.2, -0.15) is 0 Å². The molecule has 1 aliphatic carbocycles. The van der Waals surface area contributed by atoms with Crippen LogP contribution in [0.3, 0.4) is 0 Å². The number of carbonyl (C=O) groups excluding carboxylic acids is 3. The van der Waals surface area contributed by atoms with Crippen LogP contribution in [0.4, 0.5) is 16.2 Å². The smallest absolute Gasteiger partial charge is 0.322 e. The zero-order valence-electron chi connectivity index (χ0n) is 18.3. The topological polar surface area (TPSA) is 99.8 Å². The SMILES string of the molecule is COc1ccccc1NC(=O)C[C@@H]1C(=O)N[C@@H]2CCCC[C@@H]2N1C(=O)Nc1cccc(Cl)c1. The van der Waals surface area contributed by atoms with E-state index in [2.05, 4.69) is 16.0 Å². The van der Waals surface area contributed by atoms with Crippen LogP contribution in [0.25, 0.3) is 0 Å². The lowest BCUT2D eigenvalue weighted by Gasteiger charge is -2.47. The number of nitrogens with zero attached hydrogens (tertiary/aromatic N) is 1. The molecule has 1 saturated heterocycles. The maximum Gasteiger partial charge on any atom is 0.322 e. The van der Waals surface area contributed by atoms with Crippen molar-refractivity contribution in [3.63, 3.8) is 0 Å². The molecule has 0 unspecified atom stereocenters. The minimum Gasteiger partial charge on any atom is -0.495 e. The van der Waals surface area contributed by atoms with Crippen LogP contribution >= 0.6 is 11.6 Å². The number of fused-ring (bicyclic) bond motifs is 1. The fourth-order valence-electron chi connectivity index (χ4n) is 4.61. The van der Waals surface area contributed by atoms with Crippen LogP contribution in [0.15, 0.2) is 48.5 Å². The molecular weight excluding hydrogens is 444 g/mol. The molecule has 0 spiro atoms. The quantitative estimate of drug-likeness (QED) is 0.614. The van der Waals surface area contributed by atoms with Gasteiger partial charge in [0.1, 0.15) is 11.8 Å². The van der Waals surface area contributed by atoms with Crippen molar-refractivity contribution in [1.82, 2.24) is 10.2 Å². The molecule has 0 radical (unpaired) electrons. The van der Waals surface area contributed by atoms with Gasteiger partial charge in [-0.05, 0) is 43.2 Å². The summed E-state index contributed by atoms with van der Waals surface area (Å²) in [6.45, 7) is 0. The Morgan fingerprint density at radius 3 is 2.70 bits per heavy atom. The van der Waals surface area contributed by atoms with E-state index in [0.717, 1.165) is 25.7 Å². The van der Waals surface area contributed by atoms with Crippen LogP contribution in [-0.4, -0.2) is 48.0 Å². The van der Waals surface area contributed by atoms with E-state index >= 15 is 0 Å². The molecule has 2 fully saturated rings. The first-order valence-corrected chi connectivity index (χ1v) is 11.4. The average Bonchev–Trinajstić information content (AvgIpc) is 2.79. The standard InChI is InChI=1S/C24H27ClN4O4/c1-33-21-12-5-3-10-18(21)27-22(30)14-20-23(31)28-17-9-2-4-11-19(17)29(20)24(32)26-16-8-6-7-15(25)13-16/h3,5-8,10,12-13,17,19-20H,2,4,9,11,14H2,1H3,(H,26,32)(H,27,30)(H,28,31)/t17-,19+,20-/m1/s1. The molecule has 4 amide bonds. The third-order valence-corrected chi connectivity index (χ3v) is 6.36. The van der Waals surface area contributed by atoms with Crippen LogP contribution in [0, 0.1) is 0 Å². The molecule has 1 heterocycles. The van der Waals surface area contributed by atoms with Gasteiger partial charge in [-0.25, -0.2) is 4.79 Å². The molecule has 3 atom stereocenters. The number of halogens is 1. The number of para-hydroxylation sites is 2. The third-order valence-electron chi connectivity index (χ3n) is 6.12. The number of urea groups is 1. The Balaban J connectivity index is 1.56. The number of piperazine rings is 1. The Bertz CT molecular complexity index is 1050. The summed E-state index contributed by atoms with van der Waals surface area (Å²) in [5.74, 6) is -0.189. The average molecular weight is 471 g/mol. The normalized spacial score (nSPS) is 22.1.